The second-order valence-corrected chi connectivity index (χ2v) is 7.80. The number of halogens is 1. The van der Waals surface area contributed by atoms with Crippen molar-refractivity contribution in [2.75, 3.05) is 6.54 Å². The molecule has 1 amide bonds. The molecule has 0 radical (unpaired) electrons. The van der Waals surface area contributed by atoms with E-state index in [0.29, 0.717) is 25.1 Å². The van der Waals surface area contributed by atoms with Gasteiger partial charge in [0.15, 0.2) is 0 Å². The summed E-state index contributed by atoms with van der Waals surface area (Å²) in [7, 11) is 1.81. The van der Waals surface area contributed by atoms with Crippen molar-refractivity contribution in [2.24, 2.45) is 7.05 Å². The third-order valence-electron chi connectivity index (χ3n) is 3.23. The number of nitrogens with one attached hydrogen (secondary N) is 1. The van der Waals surface area contributed by atoms with E-state index < -0.39 is 11.7 Å². The predicted octanol–water partition coefficient (Wildman–Crippen LogP) is 3.15. The van der Waals surface area contributed by atoms with E-state index in [0.717, 1.165) is 23.0 Å². The molecular formula is C16H26BrN3O4. The van der Waals surface area contributed by atoms with E-state index in [-0.39, 0.29) is 6.10 Å². The van der Waals surface area contributed by atoms with E-state index >= 15 is 0 Å². The van der Waals surface area contributed by atoms with Crippen LogP contribution in [-0.2, 0) is 23.1 Å². The lowest BCUT2D eigenvalue weighted by Gasteiger charge is -2.21. The molecule has 2 rings (SSSR count). The Balaban J connectivity index is 1.84. The van der Waals surface area contributed by atoms with Crippen LogP contribution >= 0.6 is 15.9 Å². The Morgan fingerprint density at radius 3 is 2.71 bits per heavy atom. The maximum atomic E-state index is 11.7. The van der Waals surface area contributed by atoms with Gasteiger partial charge < -0.3 is 19.5 Å². The molecule has 1 aromatic rings. The second kappa shape index (κ2) is 7.74. The molecule has 0 aromatic carbocycles. The van der Waals surface area contributed by atoms with Gasteiger partial charge in [-0.3, -0.25) is 0 Å². The molecule has 1 N–H and O–H groups in total. The number of carbonyl (C=O) groups is 1. The van der Waals surface area contributed by atoms with Crippen molar-refractivity contribution in [3.63, 3.8) is 0 Å². The van der Waals surface area contributed by atoms with Crippen molar-refractivity contribution in [2.45, 2.75) is 65.0 Å². The molecule has 0 saturated heterocycles. The molecule has 1 saturated carbocycles. The van der Waals surface area contributed by atoms with Crippen LogP contribution in [0.15, 0.2) is 4.47 Å². The zero-order chi connectivity index (χ0) is 17.9. The molecule has 24 heavy (non-hydrogen) atoms. The number of alkyl carbamates (subject to hydrolysis) is 1. The molecular weight excluding hydrogens is 378 g/mol. The highest BCUT2D eigenvalue weighted by Gasteiger charge is 2.24. The van der Waals surface area contributed by atoms with E-state index in [1.165, 1.54) is 0 Å². The van der Waals surface area contributed by atoms with Crippen LogP contribution in [0.5, 0.6) is 5.88 Å². The lowest BCUT2D eigenvalue weighted by atomic mass is 10.2. The second-order valence-electron chi connectivity index (χ2n) is 7.01. The zero-order valence-electron chi connectivity index (χ0n) is 14.9. The van der Waals surface area contributed by atoms with Gasteiger partial charge in [-0.15, -0.1) is 0 Å². The minimum atomic E-state index is -0.518. The molecule has 1 aliphatic rings. The first-order chi connectivity index (χ1) is 11.2. The van der Waals surface area contributed by atoms with Crippen LogP contribution in [0.4, 0.5) is 4.79 Å². The Hall–Kier alpha value is -1.28. The van der Waals surface area contributed by atoms with Gasteiger partial charge in [-0.25, -0.2) is 9.48 Å². The average Bonchev–Trinajstić information content (AvgIpc) is 3.24. The highest BCUT2D eigenvalue weighted by atomic mass is 79.9. The fraction of sp³-hybridized carbons (Fsp3) is 0.750. The minimum Gasteiger partial charge on any atom is -0.472 e. The summed E-state index contributed by atoms with van der Waals surface area (Å²) in [5.41, 5.74) is 0.294. The summed E-state index contributed by atoms with van der Waals surface area (Å²) in [5.74, 6) is 0.614. The number of aryl methyl sites for hydroxylation is 1. The lowest BCUT2D eigenvalue weighted by Crippen LogP contribution is -2.37. The summed E-state index contributed by atoms with van der Waals surface area (Å²) in [5, 5.41) is 7.11. The normalized spacial score (nSPS) is 15.9. The smallest absolute Gasteiger partial charge is 0.407 e. The summed E-state index contributed by atoms with van der Waals surface area (Å²) >= 11 is 3.52. The van der Waals surface area contributed by atoms with E-state index in [4.69, 9.17) is 14.2 Å². The third-order valence-corrected chi connectivity index (χ3v) is 4.03. The van der Waals surface area contributed by atoms with Gasteiger partial charge in [0.05, 0.1) is 19.3 Å². The highest BCUT2D eigenvalue weighted by molar-refractivity contribution is 9.10. The van der Waals surface area contributed by atoms with Crippen LogP contribution in [0.1, 0.15) is 46.2 Å². The fourth-order valence-corrected chi connectivity index (χ4v) is 2.50. The van der Waals surface area contributed by atoms with Crippen molar-refractivity contribution in [3.05, 3.63) is 10.2 Å². The molecule has 8 heteroatoms. The lowest BCUT2D eigenvalue weighted by molar-refractivity contribution is 0.0503. The standard InChI is InChI=1S/C16H26BrN3O4/c1-10(8-18-15(21)24-16(2,3)4)23-14-13(17)12(19-20(14)5)9-22-11-6-7-11/h10-11H,6-9H2,1-5H3,(H,18,21)/t10-/m0/s1. The van der Waals surface area contributed by atoms with Crippen LogP contribution in [0.3, 0.4) is 0 Å². The van der Waals surface area contributed by atoms with Gasteiger partial charge in [-0.1, -0.05) is 0 Å². The number of aromatic nitrogens is 2. The first-order valence-corrected chi connectivity index (χ1v) is 8.91. The molecule has 1 aromatic heterocycles. The number of nitrogens with zero attached hydrogens (tertiary/aromatic N) is 2. The average molecular weight is 404 g/mol. The number of amides is 1. The summed E-state index contributed by atoms with van der Waals surface area (Å²) in [6.07, 6.45) is 1.93. The minimum absolute atomic E-state index is 0.235. The van der Waals surface area contributed by atoms with Gasteiger partial charge in [0.2, 0.25) is 5.88 Å². The molecule has 1 fully saturated rings. The van der Waals surface area contributed by atoms with Gasteiger partial charge in [0.25, 0.3) is 0 Å². The van der Waals surface area contributed by atoms with Crippen LogP contribution in [-0.4, -0.2) is 40.2 Å². The summed E-state index contributed by atoms with van der Waals surface area (Å²) < 4.78 is 19.2. The van der Waals surface area contributed by atoms with Crippen LogP contribution in [0, 0.1) is 0 Å². The Bertz CT molecular complexity index is 579. The monoisotopic (exact) mass is 403 g/mol. The van der Waals surface area contributed by atoms with Crippen molar-refractivity contribution in [1.29, 1.82) is 0 Å². The third kappa shape index (κ3) is 5.98. The summed E-state index contributed by atoms with van der Waals surface area (Å²) in [6, 6.07) is 0. The Labute approximate surface area is 151 Å². The van der Waals surface area contributed by atoms with Crippen LogP contribution < -0.4 is 10.1 Å². The fourth-order valence-electron chi connectivity index (χ4n) is 1.96. The molecule has 136 valence electrons. The summed E-state index contributed by atoms with van der Waals surface area (Å²) in [6.45, 7) is 8.14. The molecule has 7 nitrogen and oxygen atoms in total. The molecule has 0 aliphatic heterocycles. The number of hydrogen-bond acceptors (Lipinski definition) is 5. The SMILES string of the molecule is C[C@@H](CNC(=O)OC(C)(C)C)Oc1c(Br)c(COC2CC2)nn1C. The molecule has 0 unspecified atom stereocenters. The van der Waals surface area contributed by atoms with Crippen molar-refractivity contribution in [3.8, 4) is 5.88 Å². The quantitative estimate of drug-likeness (QED) is 0.756. The van der Waals surface area contributed by atoms with Gasteiger partial charge in [-0.05, 0) is 56.5 Å². The maximum absolute atomic E-state index is 11.7. The van der Waals surface area contributed by atoms with Gasteiger partial charge >= 0.3 is 6.09 Å². The number of ether oxygens (including phenoxy) is 3. The largest absolute Gasteiger partial charge is 0.472 e. The van der Waals surface area contributed by atoms with Gasteiger partial charge in [0, 0.05) is 7.05 Å². The number of hydrogen-bond donors (Lipinski definition) is 1. The Morgan fingerprint density at radius 2 is 2.12 bits per heavy atom. The number of carbonyl (C=O) groups excluding carboxylic acids is 1. The first-order valence-electron chi connectivity index (χ1n) is 8.12. The van der Waals surface area contributed by atoms with Crippen molar-refractivity contribution >= 4 is 22.0 Å². The maximum Gasteiger partial charge on any atom is 0.407 e. The zero-order valence-corrected chi connectivity index (χ0v) is 16.5. The molecule has 0 bridgehead atoms. The topological polar surface area (TPSA) is 74.6 Å². The van der Waals surface area contributed by atoms with E-state index in [9.17, 15) is 4.79 Å². The molecule has 0 spiro atoms. The van der Waals surface area contributed by atoms with Crippen molar-refractivity contribution in [1.82, 2.24) is 15.1 Å². The van der Waals surface area contributed by atoms with Crippen LogP contribution in [0.2, 0.25) is 0 Å². The number of rotatable bonds is 7. The van der Waals surface area contributed by atoms with Crippen molar-refractivity contribution < 1.29 is 19.0 Å². The van der Waals surface area contributed by atoms with Gasteiger partial charge in [0.1, 0.15) is 21.9 Å². The molecule has 1 atom stereocenters. The van der Waals surface area contributed by atoms with Crippen LogP contribution in [0.25, 0.3) is 0 Å². The summed E-state index contributed by atoms with van der Waals surface area (Å²) in [4.78, 5) is 11.7. The molecule has 1 heterocycles. The Kier molecular flexibility index (Phi) is 6.14. The van der Waals surface area contributed by atoms with Gasteiger partial charge in [-0.2, -0.15) is 5.10 Å². The predicted molar refractivity (Wildman–Crippen MR) is 93.0 cm³/mol. The Morgan fingerprint density at radius 1 is 1.46 bits per heavy atom. The van der Waals surface area contributed by atoms with E-state index in [1.54, 1.807) is 4.68 Å². The van der Waals surface area contributed by atoms with E-state index in [2.05, 4.69) is 26.3 Å². The first kappa shape index (κ1) is 19.1. The van der Waals surface area contributed by atoms with E-state index in [1.807, 2.05) is 34.7 Å². The molecule has 1 aliphatic carbocycles. The highest BCUT2D eigenvalue weighted by Crippen LogP contribution is 2.31.